The Hall–Kier alpha value is -0.950. The molecular formula is C10H6Cl2N4S2. The summed E-state index contributed by atoms with van der Waals surface area (Å²) in [6.07, 6.45) is 2.38. The highest BCUT2D eigenvalue weighted by molar-refractivity contribution is 7.15. The first kappa shape index (κ1) is 12.1. The molecule has 0 amide bonds. The van der Waals surface area contributed by atoms with E-state index in [1.165, 1.54) is 11.3 Å². The molecule has 0 bridgehead atoms. The van der Waals surface area contributed by atoms with Crippen LogP contribution in [0.25, 0.3) is 11.0 Å². The van der Waals surface area contributed by atoms with Gasteiger partial charge in [0.25, 0.3) is 0 Å². The maximum absolute atomic E-state index is 6.23. The van der Waals surface area contributed by atoms with E-state index in [1.54, 1.807) is 12.3 Å². The third-order valence-corrected chi connectivity index (χ3v) is 4.45. The molecule has 0 spiro atoms. The van der Waals surface area contributed by atoms with Gasteiger partial charge in [-0.2, -0.15) is 8.75 Å². The number of hydrogen-bond acceptors (Lipinski definition) is 6. The molecule has 3 aromatic rings. The van der Waals surface area contributed by atoms with Crippen LogP contribution in [0.15, 0.2) is 12.3 Å². The lowest BCUT2D eigenvalue weighted by Crippen LogP contribution is -1.90. The van der Waals surface area contributed by atoms with Crippen molar-refractivity contribution in [3.05, 3.63) is 32.7 Å². The van der Waals surface area contributed by atoms with Crippen molar-refractivity contribution in [2.75, 3.05) is 5.73 Å². The highest BCUT2D eigenvalue weighted by Crippen LogP contribution is 2.33. The van der Waals surface area contributed by atoms with Gasteiger partial charge in [0.05, 0.1) is 16.8 Å². The first-order valence-electron chi connectivity index (χ1n) is 4.94. The number of hydrogen-bond donors (Lipinski definition) is 1. The van der Waals surface area contributed by atoms with E-state index in [4.69, 9.17) is 28.9 Å². The number of halogens is 2. The standard InChI is InChI=1S/C10H6Cl2N4S2/c11-6-2-7(12)9-8(15-18-16-9)5(6)1-4-3-14-10(13)17-4/h2-3H,1H2,(H2,13,14). The molecule has 2 aromatic heterocycles. The van der Waals surface area contributed by atoms with Gasteiger partial charge in [-0.1, -0.05) is 23.2 Å². The van der Waals surface area contributed by atoms with Crippen LogP contribution in [0.1, 0.15) is 10.4 Å². The van der Waals surface area contributed by atoms with Gasteiger partial charge in [0.2, 0.25) is 0 Å². The summed E-state index contributed by atoms with van der Waals surface area (Å²) >= 11 is 14.9. The number of anilines is 1. The Morgan fingerprint density at radius 3 is 2.67 bits per heavy atom. The molecule has 1 aromatic carbocycles. The molecule has 0 unspecified atom stereocenters. The van der Waals surface area contributed by atoms with Crippen LogP contribution >= 0.6 is 46.3 Å². The van der Waals surface area contributed by atoms with E-state index in [9.17, 15) is 0 Å². The van der Waals surface area contributed by atoms with Gasteiger partial charge in [-0.3, -0.25) is 0 Å². The molecule has 0 fully saturated rings. The highest BCUT2D eigenvalue weighted by atomic mass is 35.5. The Labute approximate surface area is 121 Å². The van der Waals surface area contributed by atoms with Crippen LogP contribution in [0.4, 0.5) is 5.13 Å². The molecule has 2 N–H and O–H groups in total. The Balaban J connectivity index is 2.13. The van der Waals surface area contributed by atoms with Gasteiger partial charge in [-0.15, -0.1) is 11.3 Å². The predicted molar refractivity (Wildman–Crippen MR) is 76.8 cm³/mol. The van der Waals surface area contributed by atoms with Crippen molar-refractivity contribution < 1.29 is 0 Å². The molecule has 3 rings (SSSR count). The summed E-state index contributed by atoms with van der Waals surface area (Å²) in [6, 6.07) is 1.70. The number of nitrogens with two attached hydrogens (primary N) is 1. The Bertz CT molecular complexity index is 722. The van der Waals surface area contributed by atoms with Crippen molar-refractivity contribution in [1.29, 1.82) is 0 Å². The molecule has 0 aliphatic heterocycles. The second-order valence-corrected chi connectivity index (χ2v) is 6.11. The summed E-state index contributed by atoms with van der Waals surface area (Å²) in [5.74, 6) is 0. The van der Waals surface area contributed by atoms with Crippen molar-refractivity contribution in [3.8, 4) is 0 Å². The van der Waals surface area contributed by atoms with Crippen LogP contribution < -0.4 is 5.73 Å². The first-order chi connectivity index (χ1) is 8.65. The first-order valence-corrected chi connectivity index (χ1v) is 7.24. The molecule has 0 aliphatic carbocycles. The topological polar surface area (TPSA) is 64.7 Å². The predicted octanol–water partition coefficient (Wildman–Crippen LogP) is 3.63. The lowest BCUT2D eigenvalue weighted by Gasteiger charge is -2.04. The van der Waals surface area contributed by atoms with Gasteiger partial charge in [-0.25, -0.2) is 4.98 Å². The van der Waals surface area contributed by atoms with Crippen LogP contribution in [0.5, 0.6) is 0 Å². The summed E-state index contributed by atoms with van der Waals surface area (Å²) < 4.78 is 8.43. The fraction of sp³-hybridized carbons (Fsp3) is 0.100. The van der Waals surface area contributed by atoms with Crippen LogP contribution in [0, 0.1) is 0 Å². The van der Waals surface area contributed by atoms with E-state index in [1.807, 2.05) is 0 Å². The van der Waals surface area contributed by atoms with E-state index >= 15 is 0 Å². The fourth-order valence-electron chi connectivity index (χ4n) is 1.67. The van der Waals surface area contributed by atoms with E-state index < -0.39 is 0 Å². The number of benzene rings is 1. The SMILES string of the molecule is Nc1ncc(Cc2c(Cl)cc(Cl)c3nsnc23)s1. The summed E-state index contributed by atoms with van der Waals surface area (Å²) in [7, 11) is 0. The third kappa shape index (κ3) is 2.05. The molecule has 0 atom stereocenters. The maximum atomic E-state index is 6.23. The van der Waals surface area contributed by atoms with E-state index in [0.717, 1.165) is 27.7 Å². The number of rotatable bonds is 2. The Morgan fingerprint density at radius 2 is 1.94 bits per heavy atom. The van der Waals surface area contributed by atoms with Gasteiger partial charge in [0.1, 0.15) is 11.0 Å². The van der Waals surface area contributed by atoms with Crippen molar-refractivity contribution >= 4 is 62.4 Å². The quantitative estimate of drug-likeness (QED) is 0.784. The van der Waals surface area contributed by atoms with Gasteiger partial charge >= 0.3 is 0 Å². The highest BCUT2D eigenvalue weighted by Gasteiger charge is 2.15. The smallest absolute Gasteiger partial charge is 0.180 e. The molecule has 18 heavy (non-hydrogen) atoms. The molecular weight excluding hydrogens is 311 g/mol. The maximum Gasteiger partial charge on any atom is 0.180 e. The minimum absolute atomic E-state index is 0.524. The fourth-order valence-corrected chi connectivity index (χ4v) is 3.56. The van der Waals surface area contributed by atoms with E-state index in [-0.39, 0.29) is 0 Å². The minimum Gasteiger partial charge on any atom is -0.375 e. The average molecular weight is 317 g/mol. The van der Waals surface area contributed by atoms with Crippen molar-refractivity contribution in [1.82, 2.24) is 13.7 Å². The molecule has 92 valence electrons. The van der Waals surface area contributed by atoms with E-state index in [2.05, 4.69) is 13.7 Å². The Morgan fingerprint density at radius 1 is 1.17 bits per heavy atom. The average Bonchev–Trinajstić information content (AvgIpc) is 2.93. The zero-order valence-corrected chi connectivity index (χ0v) is 12.0. The van der Waals surface area contributed by atoms with Crippen molar-refractivity contribution in [3.63, 3.8) is 0 Å². The molecule has 0 saturated carbocycles. The molecule has 0 radical (unpaired) electrons. The lowest BCUT2D eigenvalue weighted by atomic mass is 10.1. The summed E-state index contributed by atoms with van der Waals surface area (Å²) in [5.41, 5.74) is 7.97. The molecule has 0 aliphatic rings. The van der Waals surface area contributed by atoms with Crippen molar-refractivity contribution in [2.45, 2.75) is 6.42 Å². The summed E-state index contributed by atoms with van der Waals surface area (Å²) in [4.78, 5) is 5.05. The second kappa shape index (κ2) is 4.62. The number of fused-ring (bicyclic) bond motifs is 1. The monoisotopic (exact) mass is 316 g/mol. The van der Waals surface area contributed by atoms with E-state index in [0.29, 0.717) is 27.1 Å². The van der Waals surface area contributed by atoms with Crippen LogP contribution in [0.2, 0.25) is 10.0 Å². The zero-order valence-electron chi connectivity index (χ0n) is 8.85. The van der Waals surface area contributed by atoms with Gasteiger partial charge < -0.3 is 5.73 Å². The van der Waals surface area contributed by atoms with Crippen LogP contribution in [-0.2, 0) is 6.42 Å². The van der Waals surface area contributed by atoms with Crippen LogP contribution in [0.3, 0.4) is 0 Å². The summed E-state index contributed by atoms with van der Waals surface area (Å²) in [5, 5.41) is 1.66. The second-order valence-electron chi connectivity index (χ2n) is 3.62. The molecule has 0 saturated heterocycles. The summed E-state index contributed by atoms with van der Waals surface area (Å²) in [6.45, 7) is 0. The van der Waals surface area contributed by atoms with Crippen molar-refractivity contribution in [2.24, 2.45) is 0 Å². The zero-order chi connectivity index (χ0) is 12.7. The van der Waals surface area contributed by atoms with Gasteiger partial charge in [0.15, 0.2) is 5.13 Å². The molecule has 4 nitrogen and oxygen atoms in total. The number of nitrogen functional groups attached to an aromatic ring is 1. The van der Waals surface area contributed by atoms with Gasteiger partial charge in [0, 0.05) is 28.1 Å². The molecule has 8 heteroatoms. The number of thiazole rings is 1. The minimum atomic E-state index is 0.524. The lowest BCUT2D eigenvalue weighted by molar-refractivity contribution is 1.23. The molecule has 2 heterocycles. The largest absolute Gasteiger partial charge is 0.375 e. The van der Waals surface area contributed by atoms with Gasteiger partial charge in [-0.05, 0) is 6.07 Å². The number of aromatic nitrogens is 3. The Kier molecular flexibility index (Phi) is 3.11. The van der Waals surface area contributed by atoms with Crippen LogP contribution in [-0.4, -0.2) is 13.7 Å². The number of nitrogens with zero attached hydrogens (tertiary/aromatic N) is 3. The third-order valence-electron chi connectivity index (χ3n) is 2.46. The normalized spacial score (nSPS) is 11.2.